The smallest absolute Gasteiger partial charge is 0.338 e. The van der Waals surface area contributed by atoms with Gasteiger partial charge in [-0.2, -0.15) is 5.26 Å². The number of carbonyl (C=O) groups is 1. The van der Waals surface area contributed by atoms with E-state index in [2.05, 4.69) is 16.4 Å². The number of thiazole rings is 1. The summed E-state index contributed by atoms with van der Waals surface area (Å²) in [5, 5.41) is 15.1. The summed E-state index contributed by atoms with van der Waals surface area (Å²) in [6, 6.07) is 16.6. The zero-order chi connectivity index (χ0) is 20.6. The van der Waals surface area contributed by atoms with Crippen molar-refractivity contribution in [2.24, 2.45) is 0 Å². The maximum absolute atomic E-state index is 11.7. The number of nitriles is 1. The zero-order valence-electron chi connectivity index (χ0n) is 16.0. The van der Waals surface area contributed by atoms with Crippen molar-refractivity contribution in [1.82, 2.24) is 4.98 Å². The molecule has 0 saturated heterocycles. The molecule has 0 bridgehead atoms. The predicted octanol–water partition coefficient (Wildman–Crippen LogP) is 4.97. The molecule has 0 aliphatic heterocycles. The van der Waals surface area contributed by atoms with E-state index in [-0.39, 0.29) is 5.97 Å². The molecule has 0 atom stereocenters. The van der Waals surface area contributed by atoms with Crippen molar-refractivity contribution in [3.8, 4) is 23.1 Å². The summed E-state index contributed by atoms with van der Waals surface area (Å²) >= 11 is 1.40. The number of rotatable bonds is 7. The molecule has 7 heteroatoms. The molecule has 3 rings (SSSR count). The first-order chi connectivity index (χ1) is 14.1. The molecule has 146 valence electrons. The van der Waals surface area contributed by atoms with Gasteiger partial charge in [-0.05, 0) is 55.5 Å². The lowest BCUT2D eigenvalue weighted by Crippen LogP contribution is -2.04. The average Bonchev–Trinajstić information content (AvgIpc) is 3.25. The van der Waals surface area contributed by atoms with Crippen molar-refractivity contribution < 1.29 is 14.3 Å². The van der Waals surface area contributed by atoms with Crippen LogP contribution in [0.3, 0.4) is 0 Å². The number of methoxy groups -OCH3 is 1. The highest BCUT2D eigenvalue weighted by Crippen LogP contribution is 2.27. The first-order valence-corrected chi connectivity index (χ1v) is 9.77. The van der Waals surface area contributed by atoms with Crippen LogP contribution in [0.25, 0.3) is 16.8 Å². The third kappa shape index (κ3) is 5.00. The summed E-state index contributed by atoms with van der Waals surface area (Å²) in [4.78, 5) is 16.3. The molecule has 3 aromatic rings. The summed E-state index contributed by atoms with van der Waals surface area (Å²) in [7, 11) is 1.62. The molecule has 0 aliphatic rings. The summed E-state index contributed by atoms with van der Waals surface area (Å²) in [6.07, 6.45) is 1.61. The number of aromatic nitrogens is 1. The number of benzene rings is 2. The van der Waals surface area contributed by atoms with Crippen molar-refractivity contribution in [3.05, 3.63) is 70.7 Å². The summed E-state index contributed by atoms with van der Waals surface area (Å²) in [5.74, 6) is 0.418. The van der Waals surface area contributed by atoms with E-state index in [0.29, 0.717) is 22.8 Å². The predicted molar refractivity (Wildman–Crippen MR) is 114 cm³/mol. The highest BCUT2D eigenvalue weighted by atomic mass is 32.1. The molecule has 0 aliphatic carbocycles. The van der Waals surface area contributed by atoms with Crippen molar-refractivity contribution in [1.29, 1.82) is 5.26 Å². The summed E-state index contributed by atoms with van der Waals surface area (Å²) in [5.41, 5.74) is 3.40. The van der Waals surface area contributed by atoms with Gasteiger partial charge in [0.05, 0.1) is 25.0 Å². The second kappa shape index (κ2) is 9.53. The minimum atomic E-state index is -0.360. The van der Waals surface area contributed by atoms with Gasteiger partial charge in [0.15, 0.2) is 0 Å². The van der Waals surface area contributed by atoms with Crippen LogP contribution in [0.1, 0.15) is 22.3 Å². The quantitative estimate of drug-likeness (QED) is 0.441. The molecule has 1 aromatic heterocycles. The van der Waals surface area contributed by atoms with E-state index in [9.17, 15) is 10.1 Å². The lowest BCUT2D eigenvalue weighted by molar-refractivity contribution is 0.0526. The first-order valence-electron chi connectivity index (χ1n) is 8.89. The standard InChI is InChI=1S/C22H19N3O3S/c1-3-28-22(26)16-4-8-18(9-5-16)24-13-17(12-23)21-25-20(14-29-21)15-6-10-19(27-2)11-7-15/h4-11,13-14,24H,3H2,1-2H3/b17-13+. The van der Waals surface area contributed by atoms with Crippen LogP contribution in [0.2, 0.25) is 0 Å². The minimum Gasteiger partial charge on any atom is -0.497 e. The van der Waals surface area contributed by atoms with Crippen LogP contribution < -0.4 is 10.1 Å². The van der Waals surface area contributed by atoms with Gasteiger partial charge in [-0.25, -0.2) is 9.78 Å². The number of anilines is 1. The number of nitrogens with one attached hydrogen (secondary N) is 1. The SMILES string of the molecule is CCOC(=O)c1ccc(N/C=C(\C#N)c2nc(-c3ccc(OC)cc3)cs2)cc1. The average molecular weight is 405 g/mol. The van der Waals surface area contributed by atoms with Crippen molar-refractivity contribution >= 4 is 28.6 Å². The third-order valence-corrected chi connectivity index (χ3v) is 4.90. The van der Waals surface area contributed by atoms with Gasteiger partial charge in [-0.1, -0.05) is 0 Å². The van der Waals surface area contributed by atoms with Gasteiger partial charge in [0.1, 0.15) is 22.4 Å². The van der Waals surface area contributed by atoms with Gasteiger partial charge >= 0.3 is 5.97 Å². The minimum absolute atomic E-state index is 0.333. The Balaban J connectivity index is 1.72. The molecule has 29 heavy (non-hydrogen) atoms. The van der Waals surface area contributed by atoms with E-state index in [1.807, 2.05) is 29.6 Å². The molecule has 6 nitrogen and oxygen atoms in total. The number of esters is 1. The van der Waals surface area contributed by atoms with Gasteiger partial charge in [-0.15, -0.1) is 11.3 Å². The zero-order valence-corrected chi connectivity index (χ0v) is 16.8. The van der Waals surface area contributed by atoms with E-state index in [0.717, 1.165) is 22.7 Å². The van der Waals surface area contributed by atoms with Crippen LogP contribution in [0.4, 0.5) is 5.69 Å². The number of hydrogen-bond acceptors (Lipinski definition) is 7. The van der Waals surface area contributed by atoms with Crippen molar-refractivity contribution in [2.75, 3.05) is 19.0 Å². The van der Waals surface area contributed by atoms with Gasteiger partial charge < -0.3 is 14.8 Å². The highest BCUT2D eigenvalue weighted by Gasteiger charge is 2.10. The topological polar surface area (TPSA) is 84.2 Å². The van der Waals surface area contributed by atoms with Crippen LogP contribution in [-0.4, -0.2) is 24.7 Å². The number of allylic oxidation sites excluding steroid dienone is 1. The molecule has 1 heterocycles. The Morgan fingerprint density at radius 3 is 2.55 bits per heavy atom. The Labute approximate surface area is 173 Å². The monoisotopic (exact) mass is 405 g/mol. The number of nitrogens with zero attached hydrogens (tertiary/aromatic N) is 2. The van der Waals surface area contributed by atoms with Gasteiger partial charge in [0.25, 0.3) is 0 Å². The normalized spacial score (nSPS) is 10.9. The highest BCUT2D eigenvalue weighted by molar-refractivity contribution is 7.11. The van der Waals surface area contributed by atoms with E-state index >= 15 is 0 Å². The molecule has 0 amide bonds. The van der Waals surface area contributed by atoms with Gasteiger partial charge in [0.2, 0.25) is 0 Å². The molecular formula is C22H19N3O3S. The number of carbonyl (C=O) groups excluding carboxylic acids is 1. The number of hydrogen-bond donors (Lipinski definition) is 1. The summed E-state index contributed by atoms with van der Waals surface area (Å²) < 4.78 is 10.1. The Morgan fingerprint density at radius 2 is 1.93 bits per heavy atom. The summed E-state index contributed by atoms with van der Waals surface area (Å²) in [6.45, 7) is 2.10. The van der Waals surface area contributed by atoms with Gasteiger partial charge in [0, 0.05) is 22.8 Å². The van der Waals surface area contributed by atoms with Crippen LogP contribution >= 0.6 is 11.3 Å². The molecule has 0 unspecified atom stereocenters. The van der Waals surface area contributed by atoms with Crippen LogP contribution in [0, 0.1) is 11.3 Å². The molecule has 2 aromatic carbocycles. The second-order valence-electron chi connectivity index (χ2n) is 5.88. The maximum Gasteiger partial charge on any atom is 0.338 e. The third-order valence-electron chi connectivity index (χ3n) is 4.02. The van der Waals surface area contributed by atoms with Crippen LogP contribution in [0.5, 0.6) is 5.75 Å². The first kappa shape index (κ1) is 20.1. The Morgan fingerprint density at radius 1 is 1.21 bits per heavy atom. The molecule has 0 spiro atoms. The van der Waals surface area contributed by atoms with Crippen LogP contribution in [-0.2, 0) is 4.74 Å². The lowest BCUT2D eigenvalue weighted by atomic mass is 10.2. The molecule has 0 fully saturated rings. The molecular weight excluding hydrogens is 386 g/mol. The van der Waals surface area contributed by atoms with Crippen molar-refractivity contribution in [2.45, 2.75) is 6.92 Å². The van der Waals surface area contributed by atoms with Crippen molar-refractivity contribution in [3.63, 3.8) is 0 Å². The number of ether oxygens (including phenoxy) is 2. The Bertz CT molecular complexity index is 1050. The fourth-order valence-corrected chi connectivity index (χ4v) is 3.30. The largest absolute Gasteiger partial charge is 0.497 e. The molecule has 0 saturated carbocycles. The van der Waals surface area contributed by atoms with E-state index in [1.165, 1.54) is 11.3 Å². The van der Waals surface area contributed by atoms with E-state index in [4.69, 9.17) is 9.47 Å². The fraction of sp³-hybridized carbons (Fsp3) is 0.136. The molecule has 1 N–H and O–H groups in total. The lowest BCUT2D eigenvalue weighted by Gasteiger charge is -2.04. The Kier molecular flexibility index (Phi) is 6.61. The second-order valence-corrected chi connectivity index (χ2v) is 6.74. The molecule has 0 radical (unpaired) electrons. The Hall–Kier alpha value is -3.63. The van der Waals surface area contributed by atoms with E-state index in [1.54, 1.807) is 44.5 Å². The maximum atomic E-state index is 11.7. The van der Waals surface area contributed by atoms with Crippen LogP contribution in [0.15, 0.2) is 60.1 Å². The van der Waals surface area contributed by atoms with Gasteiger partial charge in [-0.3, -0.25) is 0 Å². The van der Waals surface area contributed by atoms with E-state index < -0.39 is 0 Å². The fourth-order valence-electron chi connectivity index (χ4n) is 2.51.